The highest BCUT2D eigenvalue weighted by atomic mass is 79.9. The largest absolute Gasteiger partial charge is 0.340 e. The number of nitrogens with zero attached hydrogens (tertiary/aromatic N) is 8. The first-order valence-electron chi connectivity index (χ1n) is 29.7. The molecule has 2 fully saturated rings. The van der Waals surface area contributed by atoms with Crippen molar-refractivity contribution < 1.29 is 29.0 Å². The van der Waals surface area contributed by atoms with Gasteiger partial charge < -0.3 is 10.2 Å². The van der Waals surface area contributed by atoms with Gasteiger partial charge in [-0.1, -0.05) is 62.3 Å². The van der Waals surface area contributed by atoms with Crippen LogP contribution in [0.25, 0.3) is 0 Å². The Hall–Kier alpha value is -5.76. The molecule has 478 valence electrons. The van der Waals surface area contributed by atoms with Crippen LogP contribution in [-0.2, 0) is 56.2 Å². The first-order chi connectivity index (χ1) is 44.6. The molecule has 2 saturated heterocycles. The van der Waals surface area contributed by atoms with Gasteiger partial charge in [0.15, 0.2) is 0 Å². The summed E-state index contributed by atoms with van der Waals surface area (Å²) >= 11 is 41.7. The molecule has 4 aromatic heterocycles. The number of nitrogens with one attached hydrogen (secondary N) is 1. The summed E-state index contributed by atoms with van der Waals surface area (Å²) in [5.41, 5.74) is 11.7. The molecular weight excluding hydrogens is 1600 g/mol. The Labute approximate surface area is 597 Å². The highest BCUT2D eigenvalue weighted by Gasteiger charge is 2.36. The molecule has 0 spiro atoms. The van der Waals surface area contributed by atoms with Crippen LogP contribution < -0.4 is 5.32 Å². The third kappa shape index (κ3) is 15.6. The third-order valence-corrected chi connectivity index (χ3v) is 20.8. The van der Waals surface area contributed by atoms with Crippen molar-refractivity contribution in [2.75, 3.05) is 39.3 Å². The summed E-state index contributed by atoms with van der Waals surface area (Å²) in [4.78, 5) is 93.7. The Kier molecular flexibility index (Phi) is 22.2. The highest BCUT2D eigenvalue weighted by Crippen LogP contribution is 2.43. The summed E-state index contributed by atoms with van der Waals surface area (Å²) < 4.78 is 4.52. The van der Waals surface area contributed by atoms with E-state index in [1.54, 1.807) is 30.7 Å². The maximum absolute atomic E-state index is 13.0. The molecule has 14 rings (SSSR count). The molecule has 1 N–H and O–H groups in total. The number of hydrogen-bond acceptors (Lipinski definition) is 14. The monoisotopic (exact) mass is 1650 g/mol. The number of halogens is 9. The molecule has 93 heavy (non-hydrogen) atoms. The van der Waals surface area contributed by atoms with Crippen molar-refractivity contribution in [3.63, 3.8) is 0 Å². The molecule has 1 amide bonds. The number of fused-ring (bicyclic) bond motifs is 8. The van der Waals surface area contributed by atoms with Crippen LogP contribution in [0.3, 0.4) is 0 Å². The van der Waals surface area contributed by atoms with Gasteiger partial charge in [0.05, 0.1) is 21.6 Å². The summed E-state index contributed by atoms with van der Waals surface area (Å²) in [6, 6.07) is 23.1. The Balaban J connectivity index is 0.000000131. The number of hydrogen-bond donors (Lipinski definition) is 1. The van der Waals surface area contributed by atoms with E-state index < -0.39 is 9.85 Å². The molecule has 26 heteroatoms. The second-order valence-electron chi connectivity index (χ2n) is 23.0. The van der Waals surface area contributed by atoms with E-state index in [0.717, 1.165) is 133 Å². The summed E-state index contributed by atoms with van der Waals surface area (Å²) in [6.45, 7) is 5.30. The van der Waals surface area contributed by atoms with Crippen LogP contribution in [0.4, 0.5) is 11.4 Å². The number of rotatable bonds is 5. The molecule has 0 saturated carbocycles. The number of nitro groups is 2. The van der Waals surface area contributed by atoms with E-state index in [2.05, 4.69) is 122 Å². The molecule has 2 aliphatic heterocycles. The summed E-state index contributed by atoms with van der Waals surface area (Å²) in [5, 5.41) is 27.1. The number of amides is 1. The standard InChI is InChI=1S/C25H29Br2ClN4O.2C14H8BrClN2O3.C14H9BrClNO/c26-19-12-18-2-1-17-13-20(28)14-21(27)23(17)25(24(18)30-15-19)32-9-7-31(8-10-32)22(33)11-16-3-5-29-6-4-16;15-9-3-8-2-1-7-4-11(16)12(18(20)21)5-10(7)14(19)13(8)17-6-9;15-8-5-7-1-2-9-10(14(19)12(7)17-6-8)3-4-11(16)13(9)18(20)21;15-10-5-9-2-1-8-6-11(16)3-4-12(8)14(18)13(9)17-7-10/h12-16,25,29H,1-11H2;2*3-6H,1-2H2;3-7H,1-2H2. The molecule has 1 unspecified atom stereocenters. The number of aromatic nitrogens is 4. The van der Waals surface area contributed by atoms with Gasteiger partial charge in [-0.2, -0.15) is 0 Å². The Bertz CT molecular complexity index is 4290. The van der Waals surface area contributed by atoms with Gasteiger partial charge in [0, 0.05) is 118 Å². The summed E-state index contributed by atoms with van der Waals surface area (Å²) in [6.07, 6.45) is 15.2. The van der Waals surface area contributed by atoms with Gasteiger partial charge >= 0.3 is 0 Å². The zero-order valence-corrected chi connectivity index (χ0v) is 60.2. The van der Waals surface area contributed by atoms with E-state index in [4.69, 9.17) is 51.4 Å². The van der Waals surface area contributed by atoms with Gasteiger partial charge in [-0.25, -0.2) is 0 Å². The molecule has 1 atom stereocenters. The van der Waals surface area contributed by atoms with Crippen molar-refractivity contribution >= 4 is 161 Å². The lowest BCUT2D eigenvalue weighted by atomic mass is 9.93. The van der Waals surface area contributed by atoms with E-state index in [1.807, 2.05) is 36.5 Å². The van der Waals surface area contributed by atoms with E-state index in [9.17, 15) is 39.4 Å². The summed E-state index contributed by atoms with van der Waals surface area (Å²) in [5.74, 6) is 0.232. The number of nitro benzene ring substituents is 2. The van der Waals surface area contributed by atoms with Crippen molar-refractivity contribution in [3.8, 4) is 0 Å². The molecule has 0 radical (unpaired) electrons. The smallest absolute Gasteiger partial charge is 0.291 e. The van der Waals surface area contributed by atoms with Crippen molar-refractivity contribution in [3.05, 3.63) is 256 Å². The minimum Gasteiger partial charge on any atom is -0.340 e. The van der Waals surface area contributed by atoms with Crippen LogP contribution in [0.1, 0.15) is 129 Å². The van der Waals surface area contributed by atoms with Crippen LogP contribution in [0.15, 0.2) is 126 Å². The van der Waals surface area contributed by atoms with Gasteiger partial charge in [0.25, 0.3) is 11.4 Å². The number of aryl methyl sites for hydroxylation is 7. The fourth-order valence-electron chi connectivity index (χ4n) is 12.8. The number of ketones is 3. The highest BCUT2D eigenvalue weighted by molar-refractivity contribution is 9.11. The number of benzene rings is 4. The van der Waals surface area contributed by atoms with Crippen LogP contribution >= 0.6 is 126 Å². The average Bonchev–Trinajstić information content (AvgIpc) is 1.75. The minimum absolute atomic E-state index is 0.0123. The molecule has 4 aliphatic carbocycles. The number of piperidine rings is 1. The fraction of sp³-hybridized carbons (Fsp3) is 0.284. The molecule has 6 heterocycles. The van der Waals surface area contributed by atoms with Gasteiger partial charge in [0.2, 0.25) is 23.3 Å². The molecule has 8 aromatic rings. The van der Waals surface area contributed by atoms with Crippen molar-refractivity contribution in [2.24, 2.45) is 5.92 Å². The lowest BCUT2D eigenvalue weighted by Crippen LogP contribution is -2.50. The van der Waals surface area contributed by atoms with Crippen molar-refractivity contribution in [1.82, 2.24) is 35.1 Å². The van der Waals surface area contributed by atoms with Gasteiger partial charge in [-0.15, -0.1) is 0 Å². The van der Waals surface area contributed by atoms with Gasteiger partial charge in [-0.05, 0) is 264 Å². The van der Waals surface area contributed by atoms with Crippen LogP contribution in [0.5, 0.6) is 0 Å². The minimum atomic E-state index is -0.587. The van der Waals surface area contributed by atoms with Crippen LogP contribution in [-0.4, -0.2) is 102 Å². The maximum Gasteiger partial charge on any atom is 0.291 e. The Morgan fingerprint density at radius 2 is 1.02 bits per heavy atom. The van der Waals surface area contributed by atoms with Gasteiger partial charge in [-0.3, -0.25) is 64.2 Å². The zero-order valence-electron chi connectivity index (χ0n) is 49.2. The SMILES string of the molecule is O=C(CC1CCNCC1)N1CCN(C2c3ncc(Br)cc3CCc3cc(Cl)cc(Br)c32)CC1.O=C1c2cc([N+](=O)[O-])c(Cl)cc2CCc2cc(Br)cnc21.O=C1c2ccc(Cl)c([N+](=O)[O-])c2CCc2cc(Br)cnc21.O=C1c2ccc(Cl)cc2CCc2cc(Br)cnc21. The van der Waals surface area contributed by atoms with Gasteiger partial charge in [0.1, 0.15) is 27.1 Å². The van der Waals surface area contributed by atoms with Crippen LogP contribution in [0.2, 0.25) is 20.1 Å². The van der Waals surface area contributed by atoms with E-state index in [-0.39, 0.29) is 44.8 Å². The third-order valence-electron chi connectivity index (χ3n) is 17.3. The topological polar surface area (TPSA) is 225 Å². The van der Waals surface area contributed by atoms with Crippen molar-refractivity contribution in [2.45, 2.75) is 76.7 Å². The first kappa shape index (κ1) is 68.6. The van der Waals surface area contributed by atoms with E-state index >= 15 is 0 Å². The predicted octanol–water partition coefficient (Wildman–Crippen LogP) is 16.3. The Morgan fingerprint density at radius 3 is 1.61 bits per heavy atom. The zero-order chi connectivity index (χ0) is 65.9. The Morgan fingerprint density at radius 1 is 0.527 bits per heavy atom. The average molecular weight is 1650 g/mol. The second-order valence-corrected chi connectivity index (χ2v) is 29.2. The fourth-order valence-corrected chi connectivity index (χ4v) is 16.1. The lowest BCUT2D eigenvalue weighted by Gasteiger charge is -2.40. The number of carbonyl (C=O) groups is 4. The number of piperazine rings is 1. The van der Waals surface area contributed by atoms with E-state index in [0.29, 0.717) is 93.9 Å². The molecule has 6 aliphatic rings. The number of pyridine rings is 4. The maximum atomic E-state index is 13.0. The quantitative estimate of drug-likeness (QED) is 0.125. The van der Waals surface area contributed by atoms with Crippen LogP contribution in [0, 0.1) is 26.1 Å². The predicted molar refractivity (Wildman–Crippen MR) is 375 cm³/mol. The normalized spacial score (nSPS) is 16.5. The molecule has 4 aromatic carbocycles. The summed E-state index contributed by atoms with van der Waals surface area (Å²) in [7, 11) is 0. The lowest BCUT2D eigenvalue weighted by molar-refractivity contribution is -0.385. The second kappa shape index (κ2) is 30.1. The molecular formula is C67H54Br5Cl4N9O8. The number of carbonyl (C=O) groups excluding carboxylic acids is 4. The molecule has 17 nitrogen and oxygen atoms in total. The first-order valence-corrected chi connectivity index (χ1v) is 35.2. The van der Waals surface area contributed by atoms with Crippen molar-refractivity contribution in [1.29, 1.82) is 0 Å². The molecule has 0 bridgehead atoms. The van der Waals surface area contributed by atoms with E-state index in [1.165, 1.54) is 41.0 Å².